The molecule has 1 fully saturated rings. The van der Waals surface area contributed by atoms with Crippen LogP contribution in [0.15, 0.2) is 29.2 Å². The summed E-state index contributed by atoms with van der Waals surface area (Å²) in [5.74, 6) is 0. The number of hydrogen-bond acceptors (Lipinski definition) is 4. The van der Waals surface area contributed by atoms with Gasteiger partial charge in [-0.3, -0.25) is 4.90 Å². The predicted molar refractivity (Wildman–Crippen MR) is 65.5 cm³/mol. The predicted octanol–water partition coefficient (Wildman–Crippen LogP) is 0.946. The Morgan fingerprint density at radius 3 is 2.25 bits per heavy atom. The number of aliphatic hydroxyl groups excluding tert-OH is 2. The highest BCUT2D eigenvalue weighted by molar-refractivity contribution is 7.98. The van der Waals surface area contributed by atoms with Gasteiger partial charge in [0.25, 0.3) is 0 Å². The third-order valence-corrected chi connectivity index (χ3v) is 3.64. The summed E-state index contributed by atoms with van der Waals surface area (Å²) in [5, 5.41) is 18.9. The van der Waals surface area contributed by atoms with E-state index in [0.29, 0.717) is 13.1 Å². The first-order valence-corrected chi connectivity index (χ1v) is 6.63. The van der Waals surface area contributed by atoms with Gasteiger partial charge in [-0.2, -0.15) is 0 Å². The largest absolute Gasteiger partial charge is 0.389 e. The van der Waals surface area contributed by atoms with E-state index in [4.69, 9.17) is 0 Å². The normalized spacial score (nSPS) is 26.2. The summed E-state index contributed by atoms with van der Waals surface area (Å²) < 4.78 is 0. The van der Waals surface area contributed by atoms with E-state index in [-0.39, 0.29) is 0 Å². The van der Waals surface area contributed by atoms with E-state index in [1.165, 1.54) is 10.5 Å². The van der Waals surface area contributed by atoms with Crippen molar-refractivity contribution in [2.24, 2.45) is 0 Å². The maximum Gasteiger partial charge on any atom is 0.0938 e. The molecule has 0 unspecified atom stereocenters. The second kappa shape index (κ2) is 5.19. The highest BCUT2D eigenvalue weighted by atomic mass is 32.2. The first-order valence-electron chi connectivity index (χ1n) is 5.40. The number of rotatable bonds is 3. The zero-order chi connectivity index (χ0) is 11.5. The Kier molecular flexibility index (Phi) is 3.86. The molecule has 88 valence electrons. The SMILES string of the molecule is CSc1ccc(CN2C[C@@H](O)[C@@H](O)C2)cc1. The summed E-state index contributed by atoms with van der Waals surface area (Å²) in [6.45, 7) is 1.92. The van der Waals surface area contributed by atoms with Crippen LogP contribution in [0.1, 0.15) is 5.56 Å². The van der Waals surface area contributed by atoms with E-state index in [0.717, 1.165) is 6.54 Å². The van der Waals surface area contributed by atoms with Crippen molar-refractivity contribution < 1.29 is 10.2 Å². The molecule has 0 saturated carbocycles. The van der Waals surface area contributed by atoms with Crippen molar-refractivity contribution in [2.75, 3.05) is 19.3 Å². The van der Waals surface area contributed by atoms with Crippen LogP contribution in [0.25, 0.3) is 0 Å². The van der Waals surface area contributed by atoms with E-state index in [1.807, 2.05) is 0 Å². The van der Waals surface area contributed by atoms with Crippen LogP contribution in [0.4, 0.5) is 0 Å². The summed E-state index contributed by atoms with van der Waals surface area (Å²) >= 11 is 1.73. The third kappa shape index (κ3) is 2.77. The molecular weight excluding hydrogens is 222 g/mol. The number of β-amino-alcohol motifs (C(OH)–C–C–N with tert-alkyl or cyclic N) is 2. The first-order chi connectivity index (χ1) is 7.69. The number of likely N-dealkylation sites (tertiary alicyclic amines) is 1. The summed E-state index contributed by atoms with van der Waals surface area (Å²) in [7, 11) is 0. The van der Waals surface area contributed by atoms with Gasteiger partial charge in [-0.05, 0) is 24.0 Å². The highest BCUT2D eigenvalue weighted by Crippen LogP contribution is 2.18. The Bertz CT molecular complexity index is 331. The Hall–Kier alpha value is -0.550. The lowest BCUT2D eigenvalue weighted by Crippen LogP contribution is -2.22. The van der Waals surface area contributed by atoms with Crippen molar-refractivity contribution in [1.82, 2.24) is 4.90 Å². The molecule has 0 bridgehead atoms. The van der Waals surface area contributed by atoms with Crippen LogP contribution in [0, 0.1) is 0 Å². The van der Waals surface area contributed by atoms with Crippen molar-refractivity contribution in [1.29, 1.82) is 0 Å². The minimum absolute atomic E-state index is 0.561. The van der Waals surface area contributed by atoms with Gasteiger partial charge >= 0.3 is 0 Å². The molecule has 2 atom stereocenters. The highest BCUT2D eigenvalue weighted by Gasteiger charge is 2.29. The van der Waals surface area contributed by atoms with Gasteiger partial charge in [0.15, 0.2) is 0 Å². The Labute approximate surface area is 100 Å². The quantitative estimate of drug-likeness (QED) is 0.771. The molecule has 0 spiro atoms. The van der Waals surface area contributed by atoms with Gasteiger partial charge in [-0.1, -0.05) is 12.1 Å². The van der Waals surface area contributed by atoms with Gasteiger partial charge in [0.05, 0.1) is 12.2 Å². The Morgan fingerprint density at radius 1 is 1.19 bits per heavy atom. The second-order valence-corrected chi connectivity index (χ2v) is 5.06. The van der Waals surface area contributed by atoms with Crippen LogP contribution < -0.4 is 0 Å². The Morgan fingerprint density at radius 2 is 1.75 bits per heavy atom. The van der Waals surface area contributed by atoms with Crippen LogP contribution in [0.5, 0.6) is 0 Å². The van der Waals surface area contributed by atoms with Gasteiger partial charge in [0.1, 0.15) is 0 Å². The van der Waals surface area contributed by atoms with E-state index in [9.17, 15) is 10.2 Å². The third-order valence-electron chi connectivity index (χ3n) is 2.90. The zero-order valence-electron chi connectivity index (χ0n) is 9.34. The number of aliphatic hydroxyl groups is 2. The lowest BCUT2D eigenvalue weighted by Gasteiger charge is -2.14. The smallest absolute Gasteiger partial charge is 0.0938 e. The minimum atomic E-state index is -0.592. The van der Waals surface area contributed by atoms with Crippen molar-refractivity contribution in [3.8, 4) is 0 Å². The topological polar surface area (TPSA) is 43.7 Å². The summed E-state index contributed by atoms with van der Waals surface area (Å²) in [4.78, 5) is 3.33. The van der Waals surface area contributed by atoms with Crippen molar-refractivity contribution in [3.05, 3.63) is 29.8 Å². The number of nitrogens with zero attached hydrogens (tertiary/aromatic N) is 1. The van der Waals surface area contributed by atoms with E-state index in [1.54, 1.807) is 11.8 Å². The van der Waals surface area contributed by atoms with Crippen LogP contribution in [-0.2, 0) is 6.54 Å². The van der Waals surface area contributed by atoms with Gasteiger partial charge in [-0.25, -0.2) is 0 Å². The van der Waals surface area contributed by atoms with E-state index in [2.05, 4.69) is 35.4 Å². The lowest BCUT2D eigenvalue weighted by molar-refractivity contribution is 0.0572. The van der Waals surface area contributed by atoms with Crippen molar-refractivity contribution in [2.45, 2.75) is 23.6 Å². The average molecular weight is 239 g/mol. The summed E-state index contributed by atoms with van der Waals surface area (Å²) in [6, 6.07) is 8.40. The molecule has 1 aliphatic heterocycles. The van der Waals surface area contributed by atoms with E-state index >= 15 is 0 Å². The standard InChI is InChI=1S/C12H17NO2S/c1-16-10-4-2-9(3-5-10)6-13-7-11(14)12(15)8-13/h2-5,11-12,14-15H,6-8H2,1H3/t11-,12+. The number of thioether (sulfide) groups is 1. The molecule has 0 aliphatic carbocycles. The molecular formula is C12H17NO2S. The van der Waals surface area contributed by atoms with Crippen LogP contribution in [-0.4, -0.2) is 46.7 Å². The summed E-state index contributed by atoms with van der Waals surface area (Å²) in [5.41, 5.74) is 1.22. The van der Waals surface area contributed by atoms with Gasteiger partial charge in [-0.15, -0.1) is 11.8 Å². The molecule has 1 aromatic carbocycles. The molecule has 0 amide bonds. The molecule has 1 aromatic rings. The fourth-order valence-corrected chi connectivity index (χ4v) is 2.37. The molecule has 2 rings (SSSR count). The molecule has 0 aromatic heterocycles. The molecule has 1 saturated heterocycles. The van der Waals surface area contributed by atoms with E-state index < -0.39 is 12.2 Å². The molecule has 1 heterocycles. The number of benzene rings is 1. The van der Waals surface area contributed by atoms with Gasteiger partial charge < -0.3 is 10.2 Å². The lowest BCUT2D eigenvalue weighted by atomic mass is 10.2. The van der Waals surface area contributed by atoms with Crippen LogP contribution in [0.3, 0.4) is 0 Å². The molecule has 2 N–H and O–H groups in total. The van der Waals surface area contributed by atoms with Crippen LogP contribution >= 0.6 is 11.8 Å². The fourth-order valence-electron chi connectivity index (χ4n) is 1.97. The number of hydrogen-bond donors (Lipinski definition) is 2. The monoisotopic (exact) mass is 239 g/mol. The molecule has 3 nitrogen and oxygen atoms in total. The Balaban J connectivity index is 1.94. The van der Waals surface area contributed by atoms with Gasteiger partial charge in [0.2, 0.25) is 0 Å². The van der Waals surface area contributed by atoms with Crippen LogP contribution in [0.2, 0.25) is 0 Å². The maximum atomic E-state index is 9.43. The molecule has 1 aliphatic rings. The average Bonchev–Trinajstić information content (AvgIpc) is 2.59. The van der Waals surface area contributed by atoms with Gasteiger partial charge in [0, 0.05) is 24.5 Å². The fraction of sp³-hybridized carbons (Fsp3) is 0.500. The maximum absolute atomic E-state index is 9.43. The van der Waals surface area contributed by atoms with Crippen molar-refractivity contribution in [3.63, 3.8) is 0 Å². The molecule has 4 heteroatoms. The summed E-state index contributed by atoms with van der Waals surface area (Å²) in [6.07, 6.45) is 0.873. The van der Waals surface area contributed by atoms with Crippen molar-refractivity contribution >= 4 is 11.8 Å². The first kappa shape index (κ1) is 11.9. The molecule has 0 radical (unpaired) electrons. The zero-order valence-corrected chi connectivity index (χ0v) is 10.2. The minimum Gasteiger partial charge on any atom is -0.389 e. The molecule has 16 heavy (non-hydrogen) atoms. The second-order valence-electron chi connectivity index (χ2n) is 4.18.